The quantitative estimate of drug-likeness (QED) is 0.885. The number of nitrogens with one attached hydrogen (secondary N) is 1. The van der Waals surface area contributed by atoms with E-state index in [1.54, 1.807) is 6.26 Å². The summed E-state index contributed by atoms with van der Waals surface area (Å²) >= 11 is 0. The van der Waals surface area contributed by atoms with Crippen LogP contribution in [0.1, 0.15) is 37.3 Å². The zero-order valence-electron chi connectivity index (χ0n) is 12.1. The predicted octanol–water partition coefficient (Wildman–Crippen LogP) is 3.76. The molecule has 1 N–H and O–H groups in total. The number of furan rings is 1. The van der Waals surface area contributed by atoms with E-state index < -0.39 is 0 Å². The van der Waals surface area contributed by atoms with Crippen molar-refractivity contribution in [1.82, 2.24) is 5.32 Å². The first-order valence-electron chi connectivity index (χ1n) is 6.64. The molecule has 0 fully saturated rings. The van der Waals surface area contributed by atoms with Crippen molar-refractivity contribution in [2.45, 2.75) is 25.9 Å². The third-order valence-electron chi connectivity index (χ3n) is 3.38. The molecule has 0 radical (unpaired) electrons. The van der Waals surface area contributed by atoms with Crippen LogP contribution in [0.3, 0.4) is 0 Å². The molecule has 0 bridgehead atoms. The topological polar surface area (TPSA) is 28.4 Å². The molecule has 102 valence electrons. The summed E-state index contributed by atoms with van der Waals surface area (Å²) in [7, 11) is 4.10. The highest BCUT2D eigenvalue weighted by atomic mass is 16.3. The predicted molar refractivity (Wildman–Crippen MR) is 79.4 cm³/mol. The second kappa shape index (κ2) is 5.93. The monoisotopic (exact) mass is 258 g/mol. The van der Waals surface area contributed by atoms with Crippen LogP contribution in [0.15, 0.2) is 47.1 Å². The Morgan fingerprint density at radius 1 is 1.00 bits per heavy atom. The van der Waals surface area contributed by atoms with Gasteiger partial charge in [0.2, 0.25) is 0 Å². The zero-order valence-corrected chi connectivity index (χ0v) is 12.1. The van der Waals surface area contributed by atoms with Gasteiger partial charge in [-0.3, -0.25) is 0 Å². The SMILES string of the molecule is CC(NC(C)c1ccco1)c1ccc(N(C)C)cc1. The second-order valence-electron chi connectivity index (χ2n) is 5.11. The first-order valence-corrected chi connectivity index (χ1v) is 6.64. The maximum Gasteiger partial charge on any atom is 0.120 e. The van der Waals surface area contributed by atoms with Crippen molar-refractivity contribution in [3.05, 3.63) is 54.0 Å². The Balaban J connectivity index is 2.01. The summed E-state index contributed by atoms with van der Waals surface area (Å²) in [6.45, 7) is 4.29. The van der Waals surface area contributed by atoms with E-state index in [1.807, 2.05) is 12.1 Å². The fraction of sp³-hybridized carbons (Fsp3) is 0.375. The molecule has 2 rings (SSSR count). The van der Waals surface area contributed by atoms with Crippen molar-refractivity contribution in [3.8, 4) is 0 Å². The summed E-state index contributed by atoms with van der Waals surface area (Å²) in [6.07, 6.45) is 1.71. The van der Waals surface area contributed by atoms with E-state index in [-0.39, 0.29) is 12.1 Å². The molecule has 2 unspecified atom stereocenters. The molecule has 0 aliphatic carbocycles. The van der Waals surface area contributed by atoms with Gasteiger partial charge in [-0.1, -0.05) is 12.1 Å². The number of hydrogen-bond acceptors (Lipinski definition) is 3. The molecular weight excluding hydrogens is 236 g/mol. The van der Waals surface area contributed by atoms with Crippen molar-refractivity contribution in [2.75, 3.05) is 19.0 Å². The number of anilines is 1. The molecule has 2 aromatic rings. The van der Waals surface area contributed by atoms with Gasteiger partial charge < -0.3 is 14.6 Å². The van der Waals surface area contributed by atoms with Gasteiger partial charge in [0.25, 0.3) is 0 Å². The number of rotatable bonds is 5. The Morgan fingerprint density at radius 2 is 1.68 bits per heavy atom. The fourth-order valence-corrected chi connectivity index (χ4v) is 2.15. The average molecular weight is 258 g/mol. The van der Waals surface area contributed by atoms with Crippen LogP contribution in [0.4, 0.5) is 5.69 Å². The van der Waals surface area contributed by atoms with Crippen molar-refractivity contribution in [1.29, 1.82) is 0 Å². The van der Waals surface area contributed by atoms with E-state index in [9.17, 15) is 0 Å². The molecule has 3 heteroatoms. The van der Waals surface area contributed by atoms with Gasteiger partial charge in [0.1, 0.15) is 5.76 Å². The molecular formula is C16H22N2O. The normalized spacial score (nSPS) is 14.1. The fourth-order valence-electron chi connectivity index (χ4n) is 2.15. The third kappa shape index (κ3) is 3.38. The second-order valence-corrected chi connectivity index (χ2v) is 5.11. The van der Waals surface area contributed by atoms with Gasteiger partial charge >= 0.3 is 0 Å². The van der Waals surface area contributed by atoms with Gasteiger partial charge in [-0.25, -0.2) is 0 Å². The van der Waals surface area contributed by atoms with E-state index in [1.165, 1.54) is 11.3 Å². The minimum Gasteiger partial charge on any atom is -0.468 e. The molecule has 1 aromatic carbocycles. The molecule has 1 aromatic heterocycles. The average Bonchev–Trinajstić information content (AvgIpc) is 2.92. The number of nitrogens with zero attached hydrogens (tertiary/aromatic N) is 1. The van der Waals surface area contributed by atoms with Crippen LogP contribution in [0, 0.1) is 0 Å². The molecule has 19 heavy (non-hydrogen) atoms. The molecule has 1 heterocycles. The third-order valence-corrected chi connectivity index (χ3v) is 3.38. The number of benzene rings is 1. The molecule has 0 aliphatic heterocycles. The highest BCUT2D eigenvalue weighted by Gasteiger charge is 2.12. The van der Waals surface area contributed by atoms with Crippen LogP contribution in [0.5, 0.6) is 0 Å². The molecule has 0 saturated carbocycles. The van der Waals surface area contributed by atoms with Crippen LogP contribution in [0.2, 0.25) is 0 Å². The van der Waals surface area contributed by atoms with E-state index >= 15 is 0 Å². The maximum atomic E-state index is 5.41. The minimum atomic E-state index is 0.207. The zero-order chi connectivity index (χ0) is 13.8. The molecule has 0 aliphatic rings. The largest absolute Gasteiger partial charge is 0.468 e. The summed E-state index contributed by atoms with van der Waals surface area (Å²) in [6, 6.07) is 13.0. The molecule has 0 amide bonds. The van der Waals surface area contributed by atoms with Crippen molar-refractivity contribution >= 4 is 5.69 Å². The van der Waals surface area contributed by atoms with Gasteiger partial charge in [0.05, 0.1) is 12.3 Å². The standard InChI is InChI=1S/C16H22N2O/c1-12(17-13(2)16-6-5-11-19-16)14-7-9-15(10-8-14)18(3)4/h5-13,17H,1-4H3. The molecule has 0 spiro atoms. The molecule has 3 nitrogen and oxygen atoms in total. The Kier molecular flexibility index (Phi) is 4.27. The highest BCUT2D eigenvalue weighted by Crippen LogP contribution is 2.21. The van der Waals surface area contributed by atoms with E-state index in [0.29, 0.717) is 0 Å². The first-order chi connectivity index (χ1) is 9.08. The van der Waals surface area contributed by atoms with Crippen molar-refractivity contribution in [3.63, 3.8) is 0 Å². The van der Waals surface area contributed by atoms with E-state index in [4.69, 9.17) is 4.42 Å². The van der Waals surface area contributed by atoms with Gasteiger partial charge in [-0.05, 0) is 43.7 Å². The lowest BCUT2D eigenvalue weighted by atomic mass is 10.1. The van der Waals surface area contributed by atoms with Gasteiger partial charge in [-0.15, -0.1) is 0 Å². The summed E-state index contributed by atoms with van der Waals surface area (Å²) in [5, 5.41) is 3.54. The summed E-state index contributed by atoms with van der Waals surface area (Å²) < 4.78 is 5.41. The number of hydrogen-bond donors (Lipinski definition) is 1. The van der Waals surface area contributed by atoms with Gasteiger partial charge in [0, 0.05) is 25.8 Å². The first kappa shape index (κ1) is 13.7. The van der Waals surface area contributed by atoms with Gasteiger partial charge in [-0.2, -0.15) is 0 Å². The van der Waals surface area contributed by atoms with Crippen LogP contribution < -0.4 is 10.2 Å². The summed E-state index contributed by atoms with van der Waals surface area (Å²) in [5.74, 6) is 0.969. The van der Waals surface area contributed by atoms with Crippen LogP contribution in [-0.4, -0.2) is 14.1 Å². The minimum absolute atomic E-state index is 0.207. The van der Waals surface area contributed by atoms with E-state index in [2.05, 4.69) is 62.4 Å². The van der Waals surface area contributed by atoms with Gasteiger partial charge in [0.15, 0.2) is 0 Å². The Bertz CT molecular complexity index is 488. The highest BCUT2D eigenvalue weighted by molar-refractivity contribution is 5.46. The summed E-state index contributed by atoms with van der Waals surface area (Å²) in [5.41, 5.74) is 2.50. The smallest absolute Gasteiger partial charge is 0.120 e. The summed E-state index contributed by atoms with van der Waals surface area (Å²) in [4.78, 5) is 2.10. The molecule has 0 saturated heterocycles. The Hall–Kier alpha value is -1.74. The maximum absolute atomic E-state index is 5.41. The lowest BCUT2D eigenvalue weighted by Crippen LogP contribution is -2.22. The van der Waals surface area contributed by atoms with Crippen molar-refractivity contribution in [2.24, 2.45) is 0 Å². The van der Waals surface area contributed by atoms with Crippen LogP contribution in [-0.2, 0) is 0 Å². The molecule has 2 atom stereocenters. The van der Waals surface area contributed by atoms with Crippen molar-refractivity contribution < 1.29 is 4.42 Å². The lowest BCUT2D eigenvalue weighted by Gasteiger charge is -2.20. The lowest BCUT2D eigenvalue weighted by molar-refractivity contribution is 0.403. The van der Waals surface area contributed by atoms with Crippen LogP contribution in [0.25, 0.3) is 0 Å². The Morgan fingerprint density at radius 3 is 2.21 bits per heavy atom. The van der Waals surface area contributed by atoms with Crippen LogP contribution >= 0.6 is 0 Å². The Labute approximate surface area is 115 Å². The van der Waals surface area contributed by atoms with E-state index in [0.717, 1.165) is 5.76 Å².